The maximum Gasteiger partial charge on any atom is 0.131 e. The molecule has 1 heteroatoms. The van der Waals surface area contributed by atoms with Gasteiger partial charge in [-0.1, -0.05) is 54.6 Å². The van der Waals surface area contributed by atoms with Crippen molar-refractivity contribution >= 4 is 32.3 Å². The molecule has 0 amide bonds. The van der Waals surface area contributed by atoms with E-state index in [-0.39, 0.29) is 5.82 Å². The van der Waals surface area contributed by atoms with E-state index in [1.807, 2.05) is 37.3 Å². The van der Waals surface area contributed by atoms with Crippen LogP contribution in [-0.4, -0.2) is 0 Å². The zero-order valence-corrected chi connectivity index (χ0v) is 11.2. The zero-order valence-electron chi connectivity index (χ0n) is 11.2. The first kappa shape index (κ1) is 11.4. The van der Waals surface area contributed by atoms with Gasteiger partial charge in [0.25, 0.3) is 0 Å². The lowest BCUT2D eigenvalue weighted by atomic mass is 9.94. The maximum absolute atomic E-state index is 14.0. The first-order valence-electron chi connectivity index (χ1n) is 6.75. The predicted molar refractivity (Wildman–Crippen MR) is 83.7 cm³/mol. The topological polar surface area (TPSA) is 0 Å². The van der Waals surface area contributed by atoms with Crippen molar-refractivity contribution in [3.8, 4) is 0 Å². The van der Waals surface area contributed by atoms with Crippen LogP contribution in [0.3, 0.4) is 0 Å². The van der Waals surface area contributed by atoms with E-state index >= 15 is 0 Å². The summed E-state index contributed by atoms with van der Waals surface area (Å²) in [6.45, 7) is 2.04. The van der Waals surface area contributed by atoms with Gasteiger partial charge in [-0.3, -0.25) is 0 Å². The second-order valence-electron chi connectivity index (χ2n) is 5.23. The molecule has 0 N–H and O–H groups in total. The molecule has 96 valence electrons. The van der Waals surface area contributed by atoms with Gasteiger partial charge in [0.1, 0.15) is 5.82 Å². The Morgan fingerprint density at radius 1 is 0.650 bits per heavy atom. The van der Waals surface area contributed by atoms with Gasteiger partial charge in [-0.25, -0.2) is 4.39 Å². The Morgan fingerprint density at radius 2 is 1.40 bits per heavy atom. The predicted octanol–water partition coefficient (Wildman–Crippen LogP) is 5.59. The second-order valence-corrected chi connectivity index (χ2v) is 5.23. The monoisotopic (exact) mass is 260 g/mol. The van der Waals surface area contributed by atoms with Crippen LogP contribution in [0.5, 0.6) is 0 Å². The Labute approximate surface area is 116 Å². The molecule has 4 rings (SSSR count). The van der Waals surface area contributed by atoms with Gasteiger partial charge < -0.3 is 0 Å². The molecule has 0 heterocycles. The summed E-state index contributed by atoms with van der Waals surface area (Å²) in [6.07, 6.45) is 0. The van der Waals surface area contributed by atoms with E-state index < -0.39 is 0 Å². The summed E-state index contributed by atoms with van der Waals surface area (Å²) in [5, 5.41) is 6.47. The highest BCUT2D eigenvalue weighted by molar-refractivity contribution is 6.18. The van der Waals surface area contributed by atoms with Gasteiger partial charge in [-0.05, 0) is 45.5 Å². The molecular formula is C19H13F. The molecule has 20 heavy (non-hydrogen) atoms. The van der Waals surface area contributed by atoms with Crippen LogP contribution in [0, 0.1) is 12.7 Å². The number of aryl methyl sites for hydroxylation is 1. The van der Waals surface area contributed by atoms with E-state index in [1.54, 1.807) is 6.07 Å². The van der Waals surface area contributed by atoms with Crippen LogP contribution in [0.25, 0.3) is 32.3 Å². The molecule has 0 saturated heterocycles. The van der Waals surface area contributed by atoms with Crippen molar-refractivity contribution in [3.05, 3.63) is 72.0 Å². The summed E-state index contributed by atoms with van der Waals surface area (Å²) in [7, 11) is 0. The van der Waals surface area contributed by atoms with Crippen molar-refractivity contribution in [2.45, 2.75) is 6.92 Å². The summed E-state index contributed by atoms with van der Waals surface area (Å²) in [5.41, 5.74) is 1.11. The van der Waals surface area contributed by atoms with Gasteiger partial charge in [0.15, 0.2) is 0 Å². The lowest BCUT2D eigenvalue weighted by Gasteiger charge is -2.10. The fourth-order valence-corrected chi connectivity index (χ4v) is 3.08. The molecule has 0 aromatic heterocycles. The van der Waals surface area contributed by atoms with Gasteiger partial charge in [-0.2, -0.15) is 0 Å². The van der Waals surface area contributed by atoms with Gasteiger partial charge in [0.2, 0.25) is 0 Å². The van der Waals surface area contributed by atoms with Crippen molar-refractivity contribution in [2.24, 2.45) is 0 Å². The Kier molecular flexibility index (Phi) is 2.31. The van der Waals surface area contributed by atoms with E-state index in [4.69, 9.17) is 0 Å². The second kappa shape index (κ2) is 4.04. The minimum absolute atomic E-state index is 0.152. The standard InChI is InChI=1S/C19H13F/c1-12-6-11-18(20)17-10-9-15-14-5-3-2-4-13(14)7-8-16(15)19(12)17/h2-11H,1H3. The average Bonchev–Trinajstić information content (AvgIpc) is 2.50. The average molecular weight is 260 g/mol. The Hall–Kier alpha value is -2.41. The molecule has 0 aliphatic rings. The molecule has 0 unspecified atom stereocenters. The highest BCUT2D eigenvalue weighted by atomic mass is 19.1. The third-order valence-electron chi connectivity index (χ3n) is 4.06. The summed E-state index contributed by atoms with van der Waals surface area (Å²) < 4.78 is 14.0. The number of benzene rings is 4. The third kappa shape index (κ3) is 1.47. The molecule has 0 radical (unpaired) electrons. The van der Waals surface area contributed by atoms with Crippen LogP contribution in [0.2, 0.25) is 0 Å². The largest absolute Gasteiger partial charge is 0.206 e. The Balaban J connectivity index is 2.32. The lowest BCUT2D eigenvalue weighted by Crippen LogP contribution is -1.86. The fourth-order valence-electron chi connectivity index (χ4n) is 3.08. The molecule has 4 aromatic carbocycles. The highest BCUT2D eigenvalue weighted by Crippen LogP contribution is 2.33. The Bertz CT molecular complexity index is 967. The minimum atomic E-state index is -0.152. The fraction of sp³-hybridized carbons (Fsp3) is 0.0526. The van der Waals surface area contributed by atoms with E-state index in [1.165, 1.54) is 16.2 Å². The summed E-state index contributed by atoms with van der Waals surface area (Å²) in [5.74, 6) is -0.152. The van der Waals surface area contributed by atoms with E-state index in [0.29, 0.717) is 5.39 Å². The molecular weight excluding hydrogens is 247 g/mol. The van der Waals surface area contributed by atoms with E-state index in [9.17, 15) is 4.39 Å². The Morgan fingerprint density at radius 3 is 2.30 bits per heavy atom. The van der Waals surface area contributed by atoms with E-state index in [0.717, 1.165) is 16.3 Å². The lowest BCUT2D eigenvalue weighted by molar-refractivity contribution is 0.639. The zero-order chi connectivity index (χ0) is 13.7. The third-order valence-corrected chi connectivity index (χ3v) is 4.06. The van der Waals surface area contributed by atoms with Crippen molar-refractivity contribution < 1.29 is 4.39 Å². The van der Waals surface area contributed by atoms with Crippen LogP contribution in [0.1, 0.15) is 5.56 Å². The summed E-state index contributed by atoms with van der Waals surface area (Å²) >= 11 is 0. The van der Waals surface area contributed by atoms with Crippen molar-refractivity contribution in [1.82, 2.24) is 0 Å². The van der Waals surface area contributed by atoms with Crippen LogP contribution in [0.4, 0.5) is 4.39 Å². The van der Waals surface area contributed by atoms with Crippen LogP contribution >= 0.6 is 0 Å². The van der Waals surface area contributed by atoms with Gasteiger partial charge >= 0.3 is 0 Å². The van der Waals surface area contributed by atoms with E-state index in [2.05, 4.69) is 24.3 Å². The number of halogens is 1. The molecule has 0 aliphatic heterocycles. The first-order chi connectivity index (χ1) is 9.75. The molecule has 0 saturated carbocycles. The van der Waals surface area contributed by atoms with Crippen molar-refractivity contribution in [3.63, 3.8) is 0 Å². The van der Waals surface area contributed by atoms with Crippen molar-refractivity contribution in [2.75, 3.05) is 0 Å². The van der Waals surface area contributed by atoms with Crippen molar-refractivity contribution in [1.29, 1.82) is 0 Å². The highest BCUT2D eigenvalue weighted by Gasteiger charge is 2.09. The number of hydrogen-bond acceptors (Lipinski definition) is 0. The van der Waals surface area contributed by atoms with Gasteiger partial charge in [0.05, 0.1) is 0 Å². The first-order valence-corrected chi connectivity index (χ1v) is 6.75. The quantitative estimate of drug-likeness (QED) is 0.361. The molecule has 0 atom stereocenters. The maximum atomic E-state index is 14.0. The minimum Gasteiger partial charge on any atom is -0.206 e. The smallest absolute Gasteiger partial charge is 0.131 e. The summed E-state index contributed by atoms with van der Waals surface area (Å²) in [4.78, 5) is 0. The summed E-state index contributed by atoms with van der Waals surface area (Å²) in [6, 6.07) is 19.9. The molecule has 0 fully saturated rings. The number of fused-ring (bicyclic) bond motifs is 5. The van der Waals surface area contributed by atoms with Crippen LogP contribution in [0.15, 0.2) is 60.7 Å². The van der Waals surface area contributed by atoms with Gasteiger partial charge in [-0.15, -0.1) is 0 Å². The number of hydrogen-bond donors (Lipinski definition) is 0. The van der Waals surface area contributed by atoms with Crippen LogP contribution in [-0.2, 0) is 0 Å². The van der Waals surface area contributed by atoms with Crippen LogP contribution < -0.4 is 0 Å². The molecule has 0 nitrogen and oxygen atoms in total. The molecule has 0 aliphatic carbocycles. The molecule has 0 spiro atoms. The normalized spacial score (nSPS) is 11.5. The number of rotatable bonds is 0. The molecule has 0 bridgehead atoms. The SMILES string of the molecule is Cc1ccc(F)c2ccc3c4ccccc4ccc3c12. The van der Waals surface area contributed by atoms with Gasteiger partial charge in [0, 0.05) is 5.39 Å². The molecule has 4 aromatic rings.